The number of methoxy groups -OCH3 is 1. The Balaban J connectivity index is 2.47. The zero-order valence-electron chi connectivity index (χ0n) is 19.1. The van der Waals surface area contributed by atoms with Crippen LogP contribution in [0.2, 0.25) is 0 Å². The van der Waals surface area contributed by atoms with Crippen molar-refractivity contribution in [1.82, 2.24) is 14.9 Å². The molecule has 0 aliphatic rings. The van der Waals surface area contributed by atoms with Gasteiger partial charge in [0.05, 0.1) is 19.9 Å². The fourth-order valence-electron chi connectivity index (χ4n) is 3.00. The van der Waals surface area contributed by atoms with Crippen LogP contribution in [-0.4, -0.2) is 53.0 Å². The number of anilines is 1. The minimum Gasteiger partial charge on any atom is -0.467 e. The van der Waals surface area contributed by atoms with Crippen molar-refractivity contribution in [3.8, 4) is 0 Å². The lowest BCUT2D eigenvalue weighted by Gasteiger charge is -2.31. The molecule has 0 aromatic carbocycles. The smallest absolute Gasteiger partial charge is 0.329 e. The van der Waals surface area contributed by atoms with Gasteiger partial charge >= 0.3 is 5.97 Å². The number of hydrogen-bond donors (Lipinski definition) is 2. The van der Waals surface area contributed by atoms with E-state index in [4.69, 9.17) is 14.9 Å². The Bertz CT molecular complexity index is 875. The Morgan fingerprint density at radius 3 is 2.55 bits per heavy atom. The van der Waals surface area contributed by atoms with Crippen LogP contribution in [0.3, 0.4) is 0 Å². The topological polar surface area (TPSA) is 124 Å². The first-order valence-electron chi connectivity index (χ1n) is 10.3. The van der Waals surface area contributed by atoms with E-state index in [1.165, 1.54) is 18.2 Å². The lowest BCUT2D eigenvalue weighted by molar-refractivity contribution is -0.145. The average Bonchev–Trinajstić information content (AvgIpc) is 3.23. The molecule has 0 unspecified atom stereocenters. The molecule has 2 rings (SSSR count). The predicted octanol–water partition coefficient (Wildman–Crippen LogP) is 2.58. The zero-order valence-corrected chi connectivity index (χ0v) is 19.1. The highest BCUT2D eigenvalue weighted by atomic mass is 16.5. The molecular weight excluding hydrogens is 398 g/mol. The molecule has 0 bridgehead atoms. The van der Waals surface area contributed by atoms with Crippen LogP contribution in [0.4, 0.5) is 5.82 Å². The summed E-state index contributed by atoms with van der Waals surface area (Å²) >= 11 is 0. The molecule has 0 saturated carbocycles. The second kappa shape index (κ2) is 10.4. The second-order valence-corrected chi connectivity index (χ2v) is 8.76. The number of nitrogens with two attached hydrogens (primary N) is 1. The van der Waals surface area contributed by atoms with Gasteiger partial charge in [-0.15, -0.1) is 0 Å². The van der Waals surface area contributed by atoms with Gasteiger partial charge in [-0.3, -0.25) is 4.79 Å². The molecule has 9 nitrogen and oxygen atoms in total. The van der Waals surface area contributed by atoms with E-state index < -0.39 is 17.9 Å². The normalized spacial score (nSPS) is 12.5. The first-order chi connectivity index (χ1) is 14.6. The molecule has 3 N–H and O–H groups in total. The monoisotopic (exact) mass is 431 g/mol. The van der Waals surface area contributed by atoms with Gasteiger partial charge in [0.1, 0.15) is 29.0 Å². The van der Waals surface area contributed by atoms with Gasteiger partial charge in [0.15, 0.2) is 0 Å². The number of rotatable bonds is 9. The number of aromatic nitrogens is 2. The standard InChI is InChI=1S/C22H33N5O4/c1-14(2)13-27(17(10-23)20(29)30-6)19(28)16-12-25-21(22(3,4)5)26-18(16)24-11-15-8-7-9-31-15/h7-9,12,14,17H,10-11,13,23H2,1-6H3,(H,24,25,26)/t17-/m1/s1. The molecule has 0 radical (unpaired) electrons. The maximum Gasteiger partial charge on any atom is 0.329 e. The maximum absolute atomic E-state index is 13.6. The van der Waals surface area contributed by atoms with Crippen molar-refractivity contribution in [2.24, 2.45) is 11.7 Å². The molecule has 0 fully saturated rings. The van der Waals surface area contributed by atoms with Crippen molar-refractivity contribution in [2.45, 2.75) is 52.6 Å². The Morgan fingerprint density at radius 2 is 2.03 bits per heavy atom. The average molecular weight is 432 g/mol. The molecule has 9 heteroatoms. The molecule has 0 aliphatic carbocycles. The third-order valence-corrected chi connectivity index (χ3v) is 4.60. The van der Waals surface area contributed by atoms with Crippen molar-refractivity contribution < 1.29 is 18.7 Å². The Labute approximate surface area is 183 Å². The van der Waals surface area contributed by atoms with Gasteiger partial charge in [-0.25, -0.2) is 14.8 Å². The van der Waals surface area contributed by atoms with Crippen LogP contribution in [0.15, 0.2) is 29.0 Å². The number of hydrogen-bond acceptors (Lipinski definition) is 8. The summed E-state index contributed by atoms with van der Waals surface area (Å²) in [6.07, 6.45) is 3.08. The van der Waals surface area contributed by atoms with Gasteiger partial charge in [-0.2, -0.15) is 0 Å². The molecule has 1 atom stereocenters. The van der Waals surface area contributed by atoms with Gasteiger partial charge in [0.25, 0.3) is 5.91 Å². The van der Waals surface area contributed by atoms with Crippen LogP contribution in [0.25, 0.3) is 0 Å². The van der Waals surface area contributed by atoms with E-state index in [-0.39, 0.29) is 23.4 Å². The summed E-state index contributed by atoms with van der Waals surface area (Å²) in [5.41, 5.74) is 5.77. The summed E-state index contributed by atoms with van der Waals surface area (Å²) in [7, 11) is 1.28. The first kappa shape index (κ1) is 24.3. The van der Waals surface area contributed by atoms with Gasteiger partial charge in [0.2, 0.25) is 0 Å². The lowest BCUT2D eigenvalue weighted by Crippen LogP contribution is -2.51. The van der Waals surface area contributed by atoms with E-state index in [1.807, 2.05) is 40.7 Å². The van der Waals surface area contributed by atoms with Crippen LogP contribution in [0, 0.1) is 5.92 Å². The quantitative estimate of drug-likeness (QED) is 0.581. The van der Waals surface area contributed by atoms with Gasteiger partial charge in [0, 0.05) is 24.7 Å². The Kier molecular flexibility index (Phi) is 8.15. The number of amides is 1. The van der Waals surface area contributed by atoms with Gasteiger partial charge < -0.3 is 25.1 Å². The lowest BCUT2D eigenvalue weighted by atomic mass is 9.95. The fourth-order valence-corrected chi connectivity index (χ4v) is 3.00. The largest absolute Gasteiger partial charge is 0.467 e. The molecule has 2 aromatic rings. The van der Waals surface area contributed by atoms with Crippen molar-refractivity contribution in [3.05, 3.63) is 41.7 Å². The number of esters is 1. The summed E-state index contributed by atoms with van der Waals surface area (Å²) in [6, 6.07) is 2.71. The molecule has 0 spiro atoms. The molecule has 0 aliphatic heterocycles. The van der Waals surface area contributed by atoms with Crippen molar-refractivity contribution in [2.75, 3.05) is 25.5 Å². The number of ether oxygens (including phenoxy) is 1. The van der Waals surface area contributed by atoms with E-state index in [2.05, 4.69) is 15.3 Å². The molecule has 1 amide bonds. The SMILES string of the molecule is COC(=O)[C@@H](CN)N(CC(C)C)C(=O)c1cnc(C(C)(C)C)nc1NCc1ccco1. The summed E-state index contributed by atoms with van der Waals surface area (Å²) in [6.45, 7) is 10.5. The Hall–Kier alpha value is -2.94. The highest BCUT2D eigenvalue weighted by molar-refractivity contribution is 6.00. The number of carbonyl (C=O) groups is 2. The van der Waals surface area contributed by atoms with Crippen LogP contribution < -0.4 is 11.1 Å². The van der Waals surface area contributed by atoms with E-state index >= 15 is 0 Å². The number of nitrogens with one attached hydrogen (secondary N) is 1. The Morgan fingerprint density at radius 1 is 1.32 bits per heavy atom. The summed E-state index contributed by atoms with van der Waals surface area (Å²) in [4.78, 5) is 36.3. The molecule has 170 valence electrons. The van der Waals surface area contributed by atoms with Crippen LogP contribution >= 0.6 is 0 Å². The van der Waals surface area contributed by atoms with Crippen molar-refractivity contribution in [3.63, 3.8) is 0 Å². The molecule has 2 aromatic heterocycles. The minimum absolute atomic E-state index is 0.0543. The highest BCUT2D eigenvalue weighted by Gasteiger charge is 2.33. The molecule has 2 heterocycles. The predicted molar refractivity (Wildman–Crippen MR) is 117 cm³/mol. The fraction of sp³-hybridized carbons (Fsp3) is 0.545. The number of furan rings is 1. The second-order valence-electron chi connectivity index (χ2n) is 8.76. The molecular formula is C22H33N5O4. The molecule has 0 saturated heterocycles. The number of carbonyl (C=O) groups excluding carboxylic acids is 2. The maximum atomic E-state index is 13.6. The van der Waals surface area contributed by atoms with E-state index in [1.54, 1.807) is 12.3 Å². The summed E-state index contributed by atoms with van der Waals surface area (Å²) in [5, 5.41) is 3.18. The van der Waals surface area contributed by atoms with Crippen LogP contribution in [0.5, 0.6) is 0 Å². The van der Waals surface area contributed by atoms with E-state index in [0.29, 0.717) is 30.5 Å². The minimum atomic E-state index is -0.903. The zero-order chi connectivity index (χ0) is 23.2. The van der Waals surface area contributed by atoms with Gasteiger partial charge in [-0.1, -0.05) is 34.6 Å². The third kappa shape index (κ3) is 6.27. The van der Waals surface area contributed by atoms with Crippen molar-refractivity contribution >= 4 is 17.7 Å². The summed E-state index contributed by atoms with van der Waals surface area (Å²) < 4.78 is 10.2. The van der Waals surface area contributed by atoms with Gasteiger partial charge in [-0.05, 0) is 18.1 Å². The molecule has 31 heavy (non-hydrogen) atoms. The van der Waals surface area contributed by atoms with Crippen LogP contribution in [0.1, 0.15) is 56.6 Å². The third-order valence-electron chi connectivity index (χ3n) is 4.60. The first-order valence-corrected chi connectivity index (χ1v) is 10.3. The number of nitrogens with zero attached hydrogens (tertiary/aromatic N) is 3. The summed E-state index contributed by atoms with van der Waals surface area (Å²) in [5.74, 6) is 0.811. The van der Waals surface area contributed by atoms with E-state index in [9.17, 15) is 9.59 Å². The highest BCUT2D eigenvalue weighted by Crippen LogP contribution is 2.24. The van der Waals surface area contributed by atoms with E-state index in [0.717, 1.165) is 0 Å². The van der Waals surface area contributed by atoms with Crippen molar-refractivity contribution in [1.29, 1.82) is 0 Å². The van der Waals surface area contributed by atoms with Crippen LogP contribution in [-0.2, 0) is 21.5 Å².